The highest BCUT2D eigenvalue weighted by atomic mass is 32.2. The number of amides is 1. The van der Waals surface area contributed by atoms with Gasteiger partial charge in [-0.3, -0.25) is 4.79 Å². The molecule has 3 rings (SSSR count). The molecule has 0 radical (unpaired) electrons. The third-order valence-electron chi connectivity index (χ3n) is 3.86. The van der Waals surface area contributed by atoms with Gasteiger partial charge in [0.2, 0.25) is 11.0 Å². The summed E-state index contributed by atoms with van der Waals surface area (Å²) in [6.07, 6.45) is 0. The zero-order chi connectivity index (χ0) is 18.5. The van der Waals surface area contributed by atoms with Gasteiger partial charge in [0.05, 0.1) is 11.8 Å². The van der Waals surface area contributed by atoms with Crippen molar-refractivity contribution in [3.63, 3.8) is 0 Å². The number of thioether (sulfide) groups is 1. The molecular weight excluding hydrogens is 372 g/mol. The molecule has 1 aliphatic heterocycles. The number of hydrogen-bond donors (Lipinski definition) is 2. The Morgan fingerprint density at radius 2 is 2.04 bits per heavy atom. The highest BCUT2D eigenvalue weighted by Crippen LogP contribution is 2.34. The minimum atomic E-state index is -0.0961. The Bertz CT molecular complexity index is 766. The fourth-order valence-corrected chi connectivity index (χ4v) is 4.12. The summed E-state index contributed by atoms with van der Waals surface area (Å²) in [7, 11) is 1.79. The van der Waals surface area contributed by atoms with Crippen molar-refractivity contribution in [1.29, 1.82) is 0 Å². The summed E-state index contributed by atoms with van der Waals surface area (Å²) in [6, 6.07) is 5.74. The first-order chi connectivity index (χ1) is 12.6. The summed E-state index contributed by atoms with van der Waals surface area (Å²) in [5.41, 5.74) is 1.01. The second-order valence-electron chi connectivity index (χ2n) is 6.10. The van der Waals surface area contributed by atoms with Gasteiger partial charge in [0.25, 0.3) is 0 Å². The summed E-state index contributed by atoms with van der Waals surface area (Å²) in [5.74, 6) is 1.98. The first kappa shape index (κ1) is 18.8. The molecule has 0 spiro atoms. The van der Waals surface area contributed by atoms with Crippen LogP contribution in [0.4, 0.5) is 5.13 Å². The Balaban J connectivity index is 1.63. The number of carbonyl (C=O) groups is 1. The molecule has 1 amide bonds. The van der Waals surface area contributed by atoms with Gasteiger partial charge in [-0.1, -0.05) is 43.0 Å². The van der Waals surface area contributed by atoms with Gasteiger partial charge in [-0.15, -0.1) is 10.2 Å². The number of anilines is 1. The fourth-order valence-electron chi connectivity index (χ4n) is 2.60. The Hall–Kier alpha value is -2.00. The number of fused-ring (bicyclic) bond motifs is 1. The van der Waals surface area contributed by atoms with E-state index in [1.165, 1.54) is 23.1 Å². The van der Waals surface area contributed by atoms with Crippen molar-refractivity contribution < 1.29 is 14.3 Å². The minimum absolute atomic E-state index is 0.0372. The lowest BCUT2D eigenvalue weighted by Crippen LogP contribution is -2.33. The zero-order valence-electron chi connectivity index (χ0n) is 14.9. The van der Waals surface area contributed by atoms with Gasteiger partial charge in [0.15, 0.2) is 15.8 Å². The van der Waals surface area contributed by atoms with Gasteiger partial charge in [0, 0.05) is 7.05 Å². The van der Waals surface area contributed by atoms with Crippen molar-refractivity contribution >= 4 is 34.1 Å². The van der Waals surface area contributed by atoms with Gasteiger partial charge >= 0.3 is 0 Å². The Morgan fingerprint density at radius 3 is 2.73 bits per heavy atom. The zero-order valence-corrected chi connectivity index (χ0v) is 16.6. The predicted octanol–water partition coefficient (Wildman–Crippen LogP) is 2.96. The lowest BCUT2D eigenvalue weighted by Gasteiger charge is -2.25. The maximum atomic E-state index is 12.4. The maximum absolute atomic E-state index is 12.4. The second-order valence-corrected chi connectivity index (χ2v) is 8.30. The summed E-state index contributed by atoms with van der Waals surface area (Å²) in [5, 5.41) is 14.8. The summed E-state index contributed by atoms with van der Waals surface area (Å²) < 4.78 is 12.0. The molecular formula is C17H22N4O3S2. The average Bonchev–Trinajstić information content (AvgIpc) is 3.12. The molecule has 0 fully saturated rings. The number of ether oxygens (including phenoxy) is 2. The Morgan fingerprint density at radius 1 is 1.27 bits per heavy atom. The molecule has 7 nitrogen and oxygen atoms in total. The summed E-state index contributed by atoms with van der Waals surface area (Å²) >= 11 is 2.82. The van der Waals surface area contributed by atoms with Gasteiger partial charge in [0.1, 0.15) is 13.2 Å². The van der Waals surface area contributed by atoms with E-state index >= 15 is 0 Å². The van der Waals surface area contributed by atoms with E-state index in [0.717, 1.165) is 26.5 Å². The largest absolute Gasteiger partial charge is 0.486 e. The molecule has 1 aromatic carbocycles. The lowest BCUT2D eigenvalue weighted by atomic mass is 9.95. The SMILES string of the molecule is CNc1nnc(SCC(=O)N[C@@H](c2ccc3c(c2)OCCO3)C(C)C)s1. The maximum Gasteiger partial charge on any atom is 0.230 e. The third kappa shape index (κ3) is 4.59. The van der Waals surface area contributed by atoms with E-state index in [1.54, 1.807) is 7.05 Å². The predicted molar refractivity (Wildman–Crippen MR) is 103 cm³/mol. The fraction of sp³-hybridized carbons (Fsp3) is 0.471. The topological polar surface area (TPSA) is 85.4 Å². The van der Waals surface area contributed by atoms with E-state index < -0.39 is 0 Å². The highest BCUT2D eigenvalue weighted by Gasteiger charge is 2.21. The first-order valence-electron chi connectivity index (χ1n) is 8.39. The number of nitrogens with one attached hydrogen (secondary N) is 2. The quantitative estimate of drug-likeness (QED) is 0.698. The monoisotopic (exact) mass is 394 g/mol. The van der Waals surface area contributed by atoms with E-state index in [0.29, 0.717) is 19.0 Å². The number of aromatic nitrogens is 2. The molecule has 0 saturated carbocycles. The molecule has 2 N–H and O–H groups in total. The summed E-state index contributed by atoms with van der Waals surface area (Å²) in [4.78, 5) is 12.4. The van der Waals surface area contributed by atoms with Gasteiger partial charge in [-0.2, -0.15) is 0 Å². The van der Waals surface area contributed by atoms with Crippen molar-refractivity contribution in [2.24, 2.45) is 5.92 Å². The van der Waals surface area contributed by atoms with E-state index in [1.807, 2.05) is 18.2 Å². The number of nitrogens with zero attached hydrogens (tertiary/aromatic N) is 2. The molecule has 1 atom stereocenters. The van der Waals surface area contributed by atoms with Crippen LogP contribution in [0.2, 0.25) is 0 Å². The molecule has 0 unspecified atom stereocenters. The average molecular weight is 395 g/mol. The number of hydrogen-bond acceptors (Lipinski definition) is 8. The summed E-state index contributed by atoms with van der Waals surface area (Å²) in [6.45, 7) is 5.27. The van der Waals surface area contributed by atoms with Crippen LogP contribution in [0.5, 0.6) is 11.5 Å². The van der Waals surface area contributed by atoms with Crippen LogP contribution in [0, 0.1) is 5.92 Å². The molecule has 2 heterocycles. The standard InChI is InChI=1S/C17H22N4O3S2/c1-10(2)15(11-4-5-12-13(8-11)24-7-6-23-12)19-14(22)9-25-17-21-20-16(18-3)26-17/h4-5,8,10,15H,6-7,9H2,1-3H3,(H,18,20)(H,19,22)/t15-/m1/s1. The van der Waals surface area contributed by atoms with Gasteiger partial charge < -0.3 is 20.1 Å². The van der Waals surface area contributed by atoms with Crippen LogP contribution < -0.4 is 20.1 Å². The molecule has 1 aliphatic rings. The smallest absolute Gasteiger partial charge is 0.230 e. The molecule has 1 aromatic heterocycles. The molecule has 0 bridgehead atoms. The molecule has 0 saturated heterocycles. The molecule has 2 aromatic rings. The van der Waals surface area contributed by atoms with Gasteiger partial charge in [-0.25, -0.2) is 0 Å². The highest BCUT2D eigenvalue weighted by molar-refractivity contribution is 8.01. The van der Waals surface area contributed by atoms with Crippen LogP contribution in [-0.2, 0) is 4.79 Å². The van der Waals surface area contributed by atoms with Crippen molar-refractivity contribution in [2.75, 3.05) is 31.3 Å². The minimum Gasteiger partial charge on any atom is -0.486 e. The second kappa shape index (κ2) is 8.59. The van der Waals surface area contributed by atoms with Crippen LogP contribution in [0.1, 0.15) is 25.5 Å². The molecule has 140 valence electrons. The van der Waals surface area contributed by atoms with Crippen LogP contribution >= 0.6 is 23.1 Å². The van der Waals surface area contributed by atoms with Crippen molar-refractivity contribution in [3.05, 3.63) is 23.8 Å². The van der Waals surface area contributed by atoms with E-state index in [2.05, 4.69) is 34.7 Å². The number of rotatable bonds is 7. The van der Waals surface area contributed by atoms with E-state index in [-0.39, 0.29) is 17.9 Å². The first-order valence-corrected chi connectivity index (χ1v) is 10.2. The lowest BCUT2D eigenvalue weighted by molar-refractivity contribution is -0.119. The van der Waals surface area contributed by atoms with Crippen LogP contribution in [-0.4, -0.2) is 42.1 Å². The normalized spacial score (nSPS) is 14.2. The van der Waals surface area contributed by atoms with E-state index in [4.69, 9.17) is 9.47 Å². The third-order valence-corrected chi connectivity index (χ3v) is 5.93. The molecule has 9 heteroatoms. The number of carbonyl (C=O) groups excluding carboxylic acids is 1. The van der Waals surface area contributed by atoms with Crippen LogP contribution in [0.25, 0.3) is 0 Å². The number of benzene rings is 1. The van der Waals surface area contributed by atoms with Crippen molar-refractivity contribution in [3.8, 4) is 11.5 Å². The van der Waals surface area contributed by atoms with Crippen molar-refractivity contribution in [2.45, 2.75) is 24.2 Å². The van der Waals surface area contributed by atoms with Gasteiger partial charge in [-0.05, 0) is 23.6 Å². The van der Waals surface area contributed by atoms with Crippen LogP contribution in [0.15, 0.2) is 22.5 Å². The molecule has 0 aliphatic carbocycles. The van der Waals surface area contributed by atoms with Crippen molar-refractivity contribution in [1.82, 2.24) is 15.5 Å². The van der Waals surface area contributed by atoms with Crippen LogP contribution in [0.3, 0.4) is 0 Å². The Kier molecular flexibility index (Phi) is 6.20. The Labute approximate surface area is 160 Å². The van der Waals surface area contributed by atoms with E-state index in [9.17, 15) is 4.79 Å². The molecule has 26 heavy (non-hydrogen) atoms.